The van der Waals surface area contributed by atoms with Crippen molar-refractivity contribution in [2.45, 2.75) is 50.2 Å². The number of carbonyl (C=O) groups excluding carboxylic acids is 5. The third-order valence-electron chi connectivity index (χ3n) is 8.16. The molecule has 5 amide bonds. The molecule has 13 nitrogen and oxygen atoms in total. The van der Waals surface area contributed by atoms with Crippen molar-refractivity contribution in [3.05, 3.63) is 120 Å². The molecule has 0 saturated heterocycles. The highest BCUT2D eigenvalue weighted by Gasteiger charge is 2.28. The van der Waals surface area contributed by atoms with E-state index in [1.54, 1.807) is 30.3 Å². The fourth-order valence-corrected chi connectivity index (χ4v) is 5.54. The van der Waals surface area contributed by atoms with E-state index < -0.39 is 60.7 Å². The SMILES string of the molecule is O=C(O)CC[C@H](NC(=O)CNC(=O)[C@H](Cc1ccccc1)NC(=O)[C@H](Cc1ccccc1)NC(=O)Cc1ccc2ccccc2c1)C(=O)NCCO. The summed E-state index contributed by atoms with van der Waals surface area (Å²) >= 11 is 0. The van der Waals surface area contributed by atoms with Gasteiger partial charge in [0.15, 0.2) is 0 Å². The number of carbonyl (C=O) groups is 6. The summed E-state index contributed by atoms with van der Waals surface area (Å²) in [5.41, 5.74) is 2.28. The molecular weight excluding hydrogens is 666 g/mol. The van der Waals surface area contributed by atoms with Crippen molar-refractivity contribution in [2.24, 2.45) is 0 Å². The molecule has 52 heavy (non-hydrogen) atoms. The molecule has 0 aromatic heterocycles. The van der Waals surface area contributed by atoms with Crippen molar-refractivity contribution in [3.8, 4) is 0 Å². The molecule has 0 heterocycles. The minimum absolute atomic E-state index is 0.0257. The maximum absolute atomic E-state index is 13.9. The van der Waals surface area contributed by atoms with Gasteiger partial charge < -0.3 is 36.8 Å². The van der Waals surface area contributed by atoms with Crippen LogP contribution >= 0.6 is 0 Å². The zero-order chi connectivity index (χ0) is 37.3. The summed E-state index contributed by atoms with van der Waals surface area (Å²) in [6, 6.07) is 28.2. The summed E-state index contributed by atoms with van der Waals surface area (Å²) in [7, 11) is 0. The molecule has 0 radical (unpaired) electrons. The summed E-state index contributed by atoms with van der Waals surface area (Å²) in [6.45, 7) is -1.02. The monoisotopic (exact) mass is 709 g/mol. The molecule has 0 aliphatic carbocycles. The minimum Gasteiger partial charge on any atom is -0.481 e. The van der Waals surface area contributed by atoms with E-state index in [2.05, 4.69) is 26.6 Å². The van der Waals surface area contributed by atoms with Crippen LogP contribution in [0.3, 0.4) is 0 Å². The average Bonchev–Trinajstić information content (AvgIpc) is 3.14. The van der Waals surface area contributed by atoms with Gasteiger partial charge in [0.25, 0.3) is 0 Å². The van der Waals surface area contributed by atoms with Crippen molar-refractivity contribution in [3.63, 3.8) is 0 Å². The number of aliphatic hydroxyl groups is 1. The lowest BCUT2D eigenvalue weighted by Crippen LogP contribution is -2.56. The fourth-order valence-electron chi connectivity index (χ4n) is 5.54. The Morgan fingerprint density at radius 1 is 0.558 bits per heavy atom. The Morgan fingerprint density at radius 3 is 1.73 bits per heavy atom. The van der Waals surface area contributed by atoms with Crippen LogP contribution in [0.25, 0.3) is 10.8 Å². The lowest BCUT2D eigenvalue weighted by atomic mass is 10.0. The zero-order valence-electron chi connectivity index (χ0n) is 28.5. The molecule has 7 N–H and O–H groups in total. The predicted molar refractivity (Wildman–Crippen MR) is 194 cm³/mol. The maximum atomic E-state index is 13.9. The Balaban J connectivity index is 1.47. The van der Waals surface area contributed by atoms with Crippen LogP contribution < -0.4 is 26.6 Å². The first-order valence-corrected chi connectivity index (χ1v) is 16.9. The third-order valence-corrected chi connectivity index (χ3v) is 8.16. The maximum Gasteiger partial charge on any atom is 0.303 e. The van der Waals surface area contributed by atoms with E-state index in [1.165, 1.54) is 0 Å². The van der Waals surface area contributed by atoms with E-state index in [0.717, 1.165) is 27.5 Å². The number of carboxylic acids is 1. The van der Waals surface area contributed by atoms with E-state index in [9.17, 15) is 28.8 Å². The molecule has 3 atom stereocenters. The van der Waals surface area contributed by atoms with Crippen LogP contribution in [0.15, 0.2) is 103 Å². The van der Waals surface area contributed by atoms with Crippen LogP contribution in [0.4, 0.5) is 0 Å². The fraction of sp³-hybridized carbons (Fsp3) is 0.282. The number of hydrogen-bond acceptors (Lipinski definition) is 7. The molecule has 0 aliphatic heterocycles. The topological polar surface area (TPSA) is 203 Å². The normalized spacial score (nSPS) is 12.5. The zero-order valence-corrected chi connectivity index (χ0v) is 28.5. The van der Waals surface area contributed by atoms with Crippen molar-refractivity contribution in [2.75, 3.05) is 19.7 Å². The van der Waals surface area contributed by atoms with E-state index in [-0.39, 0.29) is 44.7 Å². The van der Waals surface area contributed by atoms with E-state index >= 15 is 0 Å². The van der Waals surface area contributed by atoms with Gasteiger partial charge in [-0.1, -0.05) is 103 Å². The highest BCUT2D eigenvalue weighted by molar-refractivity contribution is 5.95. The molecule has 4 aromatic carbocycles. The first-order valence-electron chi connectivity index (χ1n) is 16.9. The number of hydrogen-bond donors (Lipinski definition) is 7. The van der Waals surface area contributed by atoms with Crippen LogP contribution in [0.1, 0.15) is 29.5 Å². The first-order chi connectivity index (χ1) is 25.1. The number of benzene rings is 4. The van der Waals surface area contributed by atoms with E-state index in [0.29, 0.717) is 0 Å². The molecular formula is C39H43N5O8. The average molecular weight is 710 g/mol. The molecule has 0 spiro atoms. The third kappa shape index (κ3) is 12.7. The first kappa shape index (κ1) is 38.7. The second-order valence-electron chi connectivity index (χ2n) is 12.2. The Kier molecular flexibility index (Phi) is 14.8. The Bertz CT molecular complexity index is 1840. The lowest BCUT2D eigenvalue weighted by molar-refractivity contribution is -0.138. The molecule has 4 aromatic rings. The number of aliphatic hydroxyl groups excluding tert-OH is 1. The smallest absolute Gasteiger partial charge is 0.303 e. The van der Waals surface area contributed by atoms with E-state index in [1.807, 2.05) is 72.8 Å². The Hall–Kier alpha value is -6.08. The Morgan fingerprint density at radius 2 is 1.12 bits per heavy atom. The van der Waals surface area contributed by atoms with E-state index in [4.69, 9.17) is 10.2 Å². The summed E-state index contributed by atoms with van der Waals surface area (Å²) in [4.78, 5) is 77.1. The van der Waals surface area contributed by atoms with Crippen molar-refractivity contribution < 1.29 is 39.0 Å². The quantitative estimate of drug-likeness (QED) is 0.0757. The van der Waals surface area contributed by atoms with Crippen LogP contribution in [-0.4, -0.2) is 83.5 Å². The summed E-state index contributed by atoms with van der Waals surface area (Å²) < 4.78 is 0. The van der Waals surface area contributed by atoms with Gasteiger partial charge in [-0.2, -0.15) is 0 Å². The highest BCUT2D eigenvalue weighted by Crippen LogP contribution is 2.16. The van der Waals surface area contributed by atoms with Crippen LogP contribution in [0.2, 0.25) is 0 Å². The van der Waals surface area contributed by atoms with Gasteiger partial charge in [-0.05, 0) is 33.9 Å². The van der Waals surface area contributed by atoms with Gasteiger partial charge in [0.1, 0.15) is 18.1 Å². The largest absolute Gasteiger partial charge is 0.481 e. The van der Waals surface area contributed by atoms with Crippen molar-refractivity contribution in [1.29, 1.82) is 0 Å². The van der Waals surface area contributed by atoms with Gasteiger partial charge in [-0.3, -0.25) is 28.8 Å². The standard InChI is InChI=1S/C39H43N5O8/c45-20-19-40-37(50)31(17-18-36(48)49)42-35(47)25-41-38(51)32(22-26-9-3-1-4-10-26)44-39(52)33(23-27-11-5-2-6-12-27)43-34(46)24-28-15-16-29-13-7-8-14-30(29)21-28/h1-16,21,31-33,45H,17-20,22-25H2,(H,40,50)(H,41,51)(H,42,47)(H,43,46)(H,44,52)(H,48,49)/t31-,32-,33-/m0/s1. The predicted octanol–water partition coefficient (Wildman–Crippen LogP) is 1.41. The Labute approximate surface area is 301 Å². The summed E-state index contributed by atoms with van der Waals surface area (Å²) in [5.74, 6) is -4.30. The molecule has 0 aliphatic rings. The van der Waals surface area contributed by atoms with Crippen LogP contribution in [0, 0.1) is 0 Å². The second kappa shape index (κ2) is 19.9. The molecule has 0 unspecified atom stereocenters. The van der Waals surface area contributed by atoms with Crippen molar-refractivity contribution >= 4 is 46.3 Å². The molecule has 4 rings (SSSR count). The summed E-state index contributed by atoms with van der Waals surface area (Å²) in [5, 5.41) is 33.0. The van der Waals surface area contributed by atoms with Gasteiger partial charge in [0.05, 0.1) is 19.6 Å². The highest BCUT2D eigenvalue weighted by atomic mass is 16.4. The number of fused-ring (bicyclic) bond motifs is 1. The molecule has 272 valence electrons. The van der Waals surface area contributed by atoms with Crippen molar-refractivity contribution in [1.82, 2.24) is 26.6 Å². The van der Waals surface area contributed by atoms with Crippen LogP contribution in [-0.2, 0) is 48.0 Å². The van der Waals surface area contributed by atoms with Gasteiger partial charge in [-0.25, -0.2) is 0 Å². The molecule has 0 fully saturated rings. The number of aliphatic carboxylic acids is 1. The molecule has 13 heteroatoms. The molecule has 0 bridgehead atoms. The minimum atomic E-state index is -1.22. The van der Waals surface area contributed by atoms with Gasteiger partial charge >= 0.3 is 5.97 Å². The van der Waals surface area contributed by atoms with Crippen LogP contribution in [0.5, 0.6) is 0 Å². The number of amides is 5. The molecule has 0 saturated carbocycles. The lowest BCUT2D eigenvalue weighted by Gasteiger charge is -2.24. The summed E-state index contributed by atoms with van der Waals surface area (Å²) in [6.07, 6.45) is -0.382. The second-order valence-corrected chi connectivity index (χ2v) is 12.2. The van der Waals surface area contributed by atoms with Gasteiger partial charge in [0, 0.05) is 25.8 Å². The number of nitrogens with one attached hydrogen (secondary N) is 5. The van der Waals surface area contributed by atoms with Gasteiger partial charge in [0.2, 0.25) is 29.5 Å². The van der Waals surface area contributed by atoms with Gasteiger partial charge in [-0.15, -0.1) is 0 Å². The number of carboxylic acid groups (broad SMARTS) is 1. The number of rotatable bonds is 19.